The Morgan fingerprint density at radius 1 is 1.32 bits per heavy atom. The molecule has 2 rings (SSSR count). The molecule has 1 aliphatic heterocycles. The lowest BCUT2D eigenvalue weighted by molar-refractivity contribution is -0.384. The normalized spacial score (nSPS) is 14.1. The lowest BCUT2D eigenvalue weighted by Gasteiger charge is -2.15. The molecule has 0 aromatic heterocycles. The summed E-state index contributed by atoms with van der Waals surface area (Å²) < 4.78 is 0. The van der Waals surface area contributed by atoms with Crippen LogP contribution in [0.2, 0.25) is 0 Å². The summed E-state index contributed by atoms with van der Waals surface area (Å²) in [7, 11) is 1.58. The van der Waals surface area contributed by atoms with Crippen molar-refractivity contribution in [2.24, 2.45) is 0 Å². The van der Waals surface area contributed by atoms with Gasteiger partial charge in [0.25, 0.3) is 17.5 Å². The number of aliphatic hydroxyl groups excluding tert-OH is 1. The molecule has 9 nitrogen and oxygen atoms in total. The molecular weight excluding hydrogens is 292 g/mol. The van der Waals surface area contributed by atoms with Crippen LogP contribution in [0, 0.1) is 10.1 Å². The van der Waals surface area contributed by atoms with Gasteiger partial charge in [0, 0.05) is 25.3 Å². The van der Waals surface area contributed by atoms with Crippen LogP contribution in [-0.2, 0) is 9.59 Å². The second-order valence-corrected chi connectivity index (χ2v) is 4.44. The van der Waals surface area contributed by atoms with Crippen LogP contribution in [0.25, 0.3) is 0 Å². The largest absolute Gasteiger partial charge is 0.395 e. The Morgan fingerprint density at radius 3 is 2.64 bits per heavy atom. The van der Waals surface area contributed by atoms with Crippen LogP contribution in [0.15, 0.2) is 30.0 Å². The maximum absolute atomic E-state index is 12.0. The lowest BCUT2D eigenvalue weighted by atomic mass is 10.2. The van der Waals surface area contributed by atoms with Crippen molar-refractivity contribution in [3.8, 4) is 0 Å². The molecule has 1 aliphatic rings. The van der Waals surface area contributed by atoms with Crippen LogP contribution in [0.3, 0.4) is 0 Å². The maximum Gasteiger partial charge on any atom is 0.277 e. The van der Waals surface area contributed by atoms with E-state index in [1.54, 1.807) is 7.05 Å². The van der Waals surface area contributed by atoms with Gasteiger partial charge in [-0.3, -0.25) is 24.6 Å². The molecule has 1 aromatic rings. The molecule has 0 unspecified atom stereocenters. The Labute approximate surface area is 125 Å². The third-order valence-electron chi connectivity index (χ3n) is 3.09. The Morgan fingerprint density at radius 2 is 2.05 bits per heavy atom. The summed E-state index contributed by atoms with van der Waals surface area (Å²) in [6, 6.07) is 4.05. The number of imide groups is 1. The number of anilines is 2. The van der Waals surface area contributed by atoms with Crippen molar-refractivity contribution < 1.29 is 19.6 Å². The summed E-state index contributed by atoms with van der Waals surface area (Å²) in [5.74, 6) is -1.08. The number of amides is 2. The molecule has 0 bridgehead atoms. The standard InChI is InChI=1S/C13H14N4O5/c1-14-10-6-8(17(21)22)2-3-9(10)15-11-7-12(19)16(4-5-18)13(11)20/h2-3,6-7,14-15,18H,4-5H2,1H3. The molecule has 2 amide bonds. The SMILES string of the molecule is CNc1cc([N+](=O)[O-])ccc1NC1=CC(=O)N(CCO)C1=O. The summed E-state index contributed by atoms with van der Waals surface area (Å²) in [5, 5.41) is 25.2. The average molecular weight is 306 g/mol. The van der Waals surface area contributed by atoms with Crippen molar-refractivity contribution in [2.45, 2.75) is 0 Å². The van der Waals surface area contributed by atoms with E-state index < -0.39 is 16.7 Å². The quantitative estimate of drug-likeness (QED) is 0.392. The fourth-order valence-electron chi connectivity index (χ4n) is 2.02. The Balaban J connectivity index is 2.24. The summed E-state index contributed by atoms with van der Waals surface area (Å²) in [6.07, 6.45) is 1.12. The van der Waals surface area contributed by atoms with E-state index in [-0.39, 0.29) is 24.5 Å². The third kappa shape index (κ3) is 2.88. The molecule has 116 valence electrons. The Kier molecular flexibility index (Phi) is 4.37. The van der Waals surface area contributed by atoms with Crippen LogP contribution in [0.5, 0.6) is 0 Å². The number of nitrogens with zero attached hydrogens (tertiary/aromatic N) is 2. The van der Waals surface area contributed by atoms with Crippen LogP contribution in [0.4, 0.5) is 17.1 Å². The fourth-order valence-corrected chi connectivity index (χ4v) is 2.02. The predicted molar refractivity (Wildman–Crippen MR) is 78.2 cm³/mol. The van der Waals surface area contributed by atoms with Crippen molar-refractivity contribution in [2.75, 3.05) is 30.8 Å². The van der Waals surface area contributed by atoms with Gasteiger partial charge in [-0.05, 0) is 6.07 Å². The molecule has 0 spiro atoms. The fraction of sp³-hybridized carbons (Fsp3) is 0.231. The minimum atomic E-state index is -0.556. The molecule has 0 fully saturated rings. The van der Waals surface area contributed by atoms with E-state index in [4.69, 9.17) is 5.11 Å². The number of nitro groups is 1. The number of rotatable bonds is 6. The highest BCUT2D eigenvalue weighted by Gasteiger charge is 2.31. The predicted octanol–water partition coefficient (Wildman–Crippen LogP) is 0.293. The highest BCUT2D eigenvalue weighted by molar-refractivity contribution is 6.17. The topological polar surface area (TPSA) is 125 Å². The highest BCUT2D eigenvalue weighted by Crippen LogP contribution is 2.28. The first-order chi connectivity index (χ1) is 10.5. The molecule has 0 saturated carbocycles. The number of benzene rings is 1. The number of carbonyl (C=O) groups excluding carboxylic acids is 2. The second kappa shape index (κ2) is 6.22. The molecule has 0 atom stereocenters. The van der Waals surface area contributed by atoms with Crippen LogP contribution in [0.1, 0.15) is 0 Å². The van der Waals surface area contributed by atoms with Gasteiger partial charge in [-0.2, -0.15) is 0 Å². The van der Waals surface area contributed by atoms with Crippen molar-refractivity contribution in [3.63, 3.8) is 0 Å². The smallest absolute Gasteiger partial charge is 0.277 e. The summed E-state index contributed by atoms with van der Waals surface area (Å²) in [5.41, 5.74) is 0.783. The summed E-state index contributed by atoms with van der Waals surface area (Å²) in [4.78, 5) is 34.8. The van der Waals surface area contributed by atoms with Gasteiger partial charge in [-0.15, -0.1) is 0 Å². The van der Waals surface area contributed by atoms with Crippen LogP contribution in [-0.4, -0.2) is 46.9 Å². The third-order valence-corrected chi connectivity index (χ3v) is 3.09. The monoisotopic (exact) mass is 306 g/mol. The van der Waals surface area contributed by atoms with Gasteiger partial charge in [0.2, 0.25) is 0 Å². The number of β-amino-alcohol motifs (C(OH)–C–C–N with tert-alkyl or cyclic N) is 1. The van der Waals surface area contributed by atoms with Crippen molar-refractivity contribution in [1.29, 1.82) is 0 Å². The molecule has 0 aliphatic carbocycles. The number of nitrogens with one attached hydrogen (secondary N) is 2. The van der Waals surface area contributed by atoms with Gasteiger partial charge >= 0.3 is 0 Å². The maximum atomic E-state index is 12.0. The van der Waals surface area contributed by atoms with E-state index in [0.29, 0.717) is 11.4 Å². The number of non-ortho nitro benzene ring substituents is 1. The first-order valence-corrected chi connectivity index (χ1v) is 6.39. The van der Waals surface area contributed by atoms with Gasteiger partial charge in [0.1, 0.15) is 5.70 Å². The summed E-state index contributed by atoms with van der Waals surface area (Å²) >= 11 is 0. The molecule has 22 heavy (non-hydrogen) atoms. The van der Waals surface area contributed by atoms with E-state index in [1.807, 2.05) is 0 Å². The van der Waals surface area contributed by atoms with Crippen molar-refractivity contribution in [3.05, 3.63) is 40.1 Å². The molecule has 0 saturated heterocycles. The molecule has 1 aromatic carbocycles. The van der Waals surface area contributed by atoms with Crippen molar-refractivity contribution in [1.82, 2.24) is 4.90 Å². The first-order valence-electron chi connectivity index (χ1n) is 6.39. The summed E-state index contributed by atoms with van der Waals surface area (Å²) in [6.45, 7) is -0.406. The lowest BCUT2D eigenvalue weighted by Crippen LogP contribution is -2.34. The van der Waals surface area contributed by atoms with Crippen LogP contribution >= 0.6 is 0 Å². The average Bonchev–Trinajstić information content (AvgIpc) is 2.75. The highest BCUT2D eigenvalue weighted by atomic mass is 16.6. The van der Waals surface area contributed by atoms with E-state index in [1.165, 1.54) is 18.2 Å². The zero-order chi connectivity index (χ0) is 16.3. The van der Waals surface area contributed by atoms with Gasteiger partial charge in [-0.25, -0.2) is 0 Å². The van der Waals surface area contributed by atoms with E-state index in [0.717, 1.165) is 11.0 Å². The Bertz CT molecular complexity index is 670. The zero-order valence-electron chi connectivity index (χ0n) is 11.7. The first kappa shape index (κ1) is 15.4. The van der Waals surface area contributed by atoms with E-state index in [2.05, 4.69) is 10.6 Å². The molecular formula is C13H14N4O5. The molecule has 9 heteroatoms. The zero-order valence-corrected chi connectivity index (χ0v) is 11.7. The minimum absolute atomic E-state index is 0.0452. The van der Waals surface area contributed by atoms with E-state index >= 15 is 0 Å². The number of aliphatic hydroxyl groups is 1. The number of nitro benzene ring substituents is 1. The minimum Gasteiger partial charge on any atom is -0.395 e. The van der Waals surface area contributed by atoms with Gasteiger partial charge in [0.05, 0.1) is 29.4 Å². The van der Waals surface area contributed by atoms with Gasteiger partial charge in [-0.1, -0.05) is 0 Å². The molecule has 3 N–H and O–H groups in total. The number of hydrogen-bond acceptors (Lipinski definition) is 7. The second-order valence-electron chi connectivity index (χ2n) is 4.44. The van der Waals surface area contributed by atoms with Gasteiger partial charge < -0.3 is 15.7 Å². The molecule has 1 heterocycles. The van der Waals surface area contributed by atoms with Crippen molar-refractivity contribution >= 4 is 28.9 Å². The Hall–Kier alpha value is -2.94. The number of hydrogen-bond donors (Lipinski definition) is 3. The number of carbonyl (C=O) groups is 2. The molecule has 0 radical (unpaired) electrons. The van der Waals surface area contributed by atoms with Gasteiger partial charge in [0.15, 0.2) is 0 Å². The van der Waals surface area contributed by atoms with Crippen LogP contribution < -0.4 is 10.6 Å². The van der Waals surface area contributed by atoms with E-state index in [9.17, 15) is 19.7 Å².